The minimum atomic E-state index is -0.0686. The highest BCUT2D eigenvalue weighted by Gasteiger charge is 2.38. The van der Waals surface area contributed by atoms with E-state index in [2.05, 4.69) is 146 Å². The molecule has 0 unspecified atom stereocenters. The van der Waals surface area contributed by atoms with Crippen LogP contribution in [0.15, 0.2) is 127 Å². The molecular weight excluding hydrogens is 547 g/mol. The van der Waals surface area contributed by atoms with Gasteiger partial charge in [0, 0.05) is 41.9 Å². The monoisotopic (exact) mass is 573 g/mol. The van der Waals surface area contributed by atoms with Gasteiger partial charge < -0.3 is 4.90 Å². The van der Waals surface area contributed by atoms with Gasteiger partial charge in [0.1, 0.15) is 0 Å². The van der Waals surface area contributed by atoms with Crippen LogP contribution in [0.1, 0.15) is 25.0 Å². The van der Waals surface area contributed by atoms with Gasteiger partial charge >= 0.3 is 0 Å². The topological polar surface area (TPSA) is 3.24 Å². The first-order chi connectivity index (χ1) is 20.6. The molecule has 2 aromatic heterocycles. The fraction of sp³-hybridized carbons (Fsp3) is 0.0769. The minimum absolute atomic E-state index is 0.0686. The van der Waals surface area contributed by atoms with Gasteiger partial charge in [0.2, 0.25) is 0 Å². The van der Waals surface area contributed by atoms with Crippen molar-refractivity contribution in [3.8, 4) is 11.1 Å². The van der Waals surface area contributed by atoms with E-state index in [1.54, 1.807) is 0 Å². The number of fused-ring (bicyclic) bond motifs is 9. The van der Waals surface area contributed by atoms with Crippen LogP contribution in [0, 0.1) is 0 Å². The first kappa shape index (κ1) is 24.2. The van der Waals surface area contributed by atoms with E-state index in [9.17, 15) is 0 Å². The summed E-state index contributed by atoms with van der Waals surface area (Å²) in [5.41, 5.74) is 9.09. The quantitative estimate of drug-likeness (QED) is 0.203. The summed E-state index contributed by atoms with van der Waals surface area (Å²) in [5, 5.41) is 5.28. The Morgan fingerprint density at radius 1 is 0.452 bits per heavy atom. The summed E-state index contributed by atoms with van der Waals surface area (Å²) in [6.45, 7) is 4.73. The van der Waals surface area contributed by atoms with E-state index in [0.717, 1.165) is 0 Å². The number of thiophene rings is 2. The molecule has 8 aromatic rings. The molecule has 0 N–H and O–H groups in total. The Hall–Kier alpha value is -4.44. The van der Waals surface area contributed by atoms with Gasteiger partial charge in [-0.2, -0.15) is 0 Å². The summed E-state index contributed by atoms with van der Waals surface area (Å²) in [4.78, 5) is 2.56. The zero-order valence-electron chi connectivity index (χ0n) is 23.4. The van der Waals surface area contributed by atoms with E-state index >= 15 is 0 Å². The molecule has 0 saturated carbocycles. The lowest BCUT2D eigenvalue weighted by Crippen LogP contribution is -2.16. The lowest BCUT2D eigenvalue weighted by Gasteiger charge is -2.29. The predicted molar refractivity (Wildman–Crippen MR) is 184 cm³/mol. The largest absolute Gasteiger partial charge is 0.307 e. The number of anilines is 3. The van der Waals surface area contributed by atoms with Crippen molar-refractivity contribution in [2.45, 2.75) is 19.3 Å². The molecule has 0 bridgehead atoms. The van der Waals surface area contributed by atoms with Crippen LogP contribution < -0.4 is 4.90 Å². The van der Waals surface area contributed by atoms with Crippen LogP contribution in [-0.4, -0.2) is 0 Å². The maximum Gasteiger partial charge on any atom is 0.0641 e. The van der Waals surface area contributed by atoms with E-state index in [1.165, 1.54) is 79.7 Å². The highest BCUT2D eigenvalue weighted by atomic mass is 32.1. The van der Waals surface area contributed by atoms with Gasteiger partial charge in [-0.3, -0.25) is 0 Å². The average Bonchev–Trinajstić information content (AvgIpc) is 3.67. The second-order valence-corrected chi connectivity index (χ2v) is 13.8. The Morgan fingerprint density at radius 2 is 0.929 bits per heavy atom. The molecule has 0 aliphatic heterocycles. The standard InChI is InChI=1S/C39H27NS2/c1-39(2)29-17-6-3-14-28(29)36-30(39)18-11-19-31(36)40(32-20-9-15-26-24-12-4-7-22-34(24)41-37(26)32)33-21-10-16-27-25-13-5-8-23-35(25)42-38(27)33/h3-23H,1-2H3. The summed E-state index contributed by atoms with van der Waals surface area (Å²) in [5.74, 6) is 0. The average molecular weight is 574 g/mol. The molecule has 1 aliphatic rings. The van der Waals surface area contributed by atoms with Crippen molar-refractivity contribution in [1.29, 1.82) is 0 Å². The zero-order valence-corrected chi connectivity index (χ0v) is 25.0. The van der Waals surface area contributed by atoms with Crippen LogP contribution in [0.2, 0.25) is 0 Å². The molecule has 0 radical (unpaired) electrons. The highest BCUT2D eigenvalue weighted by Crippen LogP contribution is 2.56. The third-order valence-corrected chi connectivity index (χ3v) is 11.5. The van der Waals surface area contributed by atoms with Gasteiger partial charge in [-0.15, -0.1) is 22.7 Å². The Labute approximate surface area is 252 Å². The molecule has 0 saturated heterocycles. The van der Waals surface area contributed by atoms with Crippen molar-refractivity contribution in [2.24, 2.45) is 0 Å². The van der Waals surface area contributed by atoms with Crippen LogP contribution in [0.5, 0.6) is 0 Å². The molecule has 6 aromatic carbocycles. The van der Waals surface area contributed by atoms with Gasteiger partial charge in [0.25, 0.3) is 0 Å². The molecule has 200 valence electrons. The number of benzene rings is 6. The van der Waals surface area contributed by atoms with Crippen LogP contribution >= 0.6 is 22.7 Å². The number of hydrogen-bond donors (Lipinski definition) is 0. The molecule has 0 fully saturated rings. The van der Waals surface area contributed by atoms with Crippen molar-refractivity contribution >= 4 is 80.1 Å². The SMILES string of the molecule is CC1(C)c2ccccc2-c2c(N(c3cccc4c3sc3ccccc34)c3cccc4c3sc3ccccc34)cccc21. The van der Waals surface area contributed by atoms with E-state index in [-0.39, 0.29) is 5.41 Å². The molecule has 1 nitrogen and oxygen atoms in total. The highest BCUT2D eigenvalue weighted by molar-refractivity contribution is 7.27. The van der Waals surface area contributed by atoms with E-state index in [4.69, 9.17) is 0 Å². The van der Waals surface area contributed by atoms with Gasteiger partial charge in [-0.05, 0) is 47.0 Å². The van der Waals surface area contributed by atoms with Gasteiger partial charge in [0.05, 0.1) is 26.5 Å². The first-order valence-electron chi connectivity index (χ1n) is 14.5. The van der Waals surface area contributed by atoms with Gasteiger partial charge in [0.15, 0.2) is 0 Å². The van der Waals surface area contributed by atoms with Crippen molar-refractivity contribution in [2.75, 3.05) is 4.90 Å². The normalized spacial score (nSPS) is 13.7. The molecule has 0 spiro atoms. The molecule has 1 aliphatic carbocycles. The van der Waals surface area contributed by atoms with E-state index < -0.39 is 0 Å². The lowest BCUT2D eigenvalue weighted by atomic mass is 9.82. The first-order valence-corrected chi connectivity index (χ1v) is 16.1. The Kier molecular flexibility index (Phi) is 5.06. The van der Waals surface area contributed by atoms with Crippen LogP contribution in [0.4, 0.5) is 17.1 Å². The molecule has 42 heavy (non-hydrogen) atoms. The van der Waals surface area contributed by atoms with Crippen molar-refractivity contribution in [3.05, 3.63) is 139 Å². The number of nitrogens with zero attached hydrogens (tertiary/aromatic N) is 1. The summed E-state index contributed by atoms with van der Waals surface area (Å²) in [7, 11) is 0. The predicted octanol–water partition coefficient (Wildman–Crippen LogP) is 12.2. The van der Waals surface area contributed by atoms with Crippen molar-refractivity contribution < 1.29 is 0 Å². The molecule has 2 heterocycles. The van der Waals surface area contributed by atoms with Gasteiger partial charge in [-0.1, -0.05) is 111 Å². The Bertz CT molecular complexity index is 2240. The summed E-state index contributed by atoms with van der Waals surface area (Å²) >= 11 is 3.79. The second-order valence-electron chi connectivity index (χ2n) is 11.7. The fourth-order valence-electron chi connectivity index (χ4n) is 7.13. The Morgan fingerprint density at radius 3 is 1.57 bits per heavy atom. The minimum Gasteiger partial charge on any atom is -0.307 e. The number of hydrogen-bond acceptors (Lipinski definition) is 3. The van der Waals surface area contributed by atoms with Crippen molar-refractivity contribution in [3.63, 3.8) is 0 Å². The smallest absolute Gasteiger partial charge is 0.0641 e. The van der Waals surface area contributed by atoms with Crippen LogP contribution in [0.25, 0.3) is 51.5 Å². The molecule has 0 atom stereocenters. The third-order valence-electron chi connectivity index (χ3n) is 9.08. The lowest BCUT2D eigenvalue weighted by molar-refractivity contribution is 0.660. The van der Waals surface area contributed by atoms with Crippen LogP contribution in [-0.2, 0) is 5.41 Å². The number of rotatable bonds is 3. The Balaban J connectivity index is 1.43. The molecule has 3 heteroatoms. The summed E-state index contributed by atoms with van der Waals surface area (Å²) < 4.78 is 5.29. The molecule has 9 rings (SSSR count). The van der Waals surface area contributed by atoms with E-state index in [0.29, 0.717) is 0 Å². The van der Waals surface area contributed by atoms with Gasteiger partial charge in [-0.25, -0.2) is 0 Å². The fourth-order valence-corrected chi connectivity index (χ4v) is 9.54. The third kappa shape index (κ3) is 3.24. The zero-order chi connectivity index (χ0) is 28.0. The van der Waals surface area contributed by atoms with Crippen molar-refractivity contribution in [1.82, 2.24) is 0 Å². The summed E-state index contributed by atoms with van der Waals surface area (Å²) in [6.07, 6.45) is 0. The summed E-state index contributed by atoms with van der Waals surface area (Å²) in [6, 6.07) is 47.2. The molecule has 0 amide bonds. The van der Waals surface area contributed by atoms with E-state index in [1.807, 2.05) is 22.7 Å². The second kappa shape index (κ2) is 8.78. The van der Waals surface area contributed by atoms with Crippen LogP contribution in [0.3, 0.4) is 0 Å². The maximum atomic E-state index is 2.56. The maximum absolute atomic E-state index is 2.56. The molecular formula is C39H27NS2.